The fraction of sp³-hybridized carbons (Fsp3) is 0.300. The third kappa shape index (κ3) is 2.34. The number of hydrogen-bond donors (Lipinski definition) is 2. The van der Waals surface area contributed by atoms with Gasteiger partial charge in [0.2, 0.25) is 5.91 Å². The van der Waals surface area contributed by atoms with Crippen LogP contribution in [0.5, 0.6) is 0 Å². The summed E-state index contributed by atoms with van der Waals surface area (Å²) in [4.78, 5) is 11.0. The summed E-state index contributed by atoms with van der Waals surface area (Å²) in [5.74, 6) is -0.102. The number of rotatable bonds is 1. The Balaban J connectivity index is 3.45. The van der Waals surface area contributed by atoms with Gasteiger partial charge in [0.1, 0.15) is 0 Å². The third-order valence-electron chi connectivity index (χ3n) is 2.29. The molecule has 0 aliphatic heterocycles. The van der Waals surface area contributed by atoms with Crippen molar-refractivity contribution < 1.29 is 4.79 Å². The number of nitrogens with one attached hydrogen (secondary N) is 1. The smallest absolute Gasteiger partial charge is 0.221 e. The van der Waals surface area contributed by atoms with E-state index in [4.69, 9.17) is 5.73 Å². The molecule has 3 N–H and O–H groups in total. The van der Waals surface area contributed by atoms with E-state index >= 15 is 0 Å². The third-order valence-corrected chi connectivity index (χ3v) is 4.44. The summed E-state index contributed by atoms with van der Waals surface area (Å²) < 4.78 is 1.55. The van der Waals surface area contributed by atoms with Gasteiger partial charge in [-0.3, -0.25) is 4.79 Å². The summed E-state index contributed by atoms with van der Waals surface area (Å²) in [7, 11) is 0. The molecule has 0 aromatic heterocycles. The van der Waals surface area contributed by atoms with Crippen molar-refractivity contribution in [3.63, 3.8) is 0 Å². The highest BCUT2D eigenvalue weighted by Gasteiger charge is 2.15. The Morgan fingerprint density at radius 2 is 1.73 bits per heavy atom. The number of halogens is 2. The van der Waals surface area contributed by atoms with Crippen molar-refractivity contribution in [3.8, 4) is 0 Å². The van der Waals surface area contributed by atoms with Crippen LogP contribution in [0.2, 0.25) is 0 Å². The fourth-order valence-electron chi connectivity index (χ4n) is 1.27. The summed E-state index contributed by atoms with van der Waals surface area (Å²) in [6.07, 6.45) is 0. The Labute approximate surface area is 106 Å². The van der Waals surface area contributed by atoms with E-state index in [0.29, 0.717) is 5.69 Å². The number of hydrogen-bond acceptors (Lipinski definition) is 2. The SMILES string of the molecule is CC(=O)Nc1c(C)c(C)c(N)c(Br)c1Br. The molecule has 1 aromatic rings. The zero-order chi connectivity index (χ0) is 11.7. The molecule has 5 heteroatoms. The lowest BCUT2D eigenvalue weighted by Crippen LogP contribution is -2.10. The maximum atomic E-state index is 11.0. The van der Waals surface area contributed by atoms with E-state index in [1.807, 2.05) is 13.8 Å². The minimum absolute atomic E-state index is 0.102. The second-order valence-corrected chi connectivity index (χ2v) is 4.93. The lowest BCUT2D eigenvalue weighted by Gasteiger charge is -2.16. The molecule has 15 heavy (non-hydrogen) atoms. The lowest BCUT2D eigenvalue weighted by atomic mass is 10.1. The lowest BCUT2D eigenvalue weighted by molar-refractivity contribution is -0.114. The highest BCUT2D eigenvalue weighted by molar-refractivity contribution is 9.13. The number of carbonyl (C=O) groups excluding carboxylic acids is 1. The zero-order valence-electron chi connectivity index (χ0n) is 8.74. The van der Waals surface area contributed by atoms with E-state index in [1.165, 1.54) is 6.92 Å². The van der Waals surface area contributed by atoms with Gasteiger partial charge in [-0.15, -0.1) is 0 Å². The van der Waals surface area contributed by atoms with Gasteiger partial charge >= 0.3 is 0 Å². The van der Waals surface area contributed by atoms with Crippen molar-refractivity contribution in [2.24, 2.45) is 0 Å². The summed E-state index contributed by atoms with van der Waals surface area (Å²) in [6, 6.07) is 0. The predicted octanol–water partition coefficient (Wildman–Crippen LogP) is 3.37. The maximum Gasteiger partial charge on any atom is 0.221 e. The number of anilines is 2. The number of benzene rings is 1. The Morgan fingerprint density at radius 3 is 2.20 bits per heavy atom. The minimum Gasteiger partial charge on any atom is -0.398 e. The Hall–Kier alpha value is -0.550. The standard InChI is InChI=1S/C10H12Br2N2O/c1-4-5(2)10(14-6(3)15)8(12)7(11)9(4)13/h13H2,1-3H3,(H,14,15). The Kier molecular flexibility index (Phi) is 3.78. The summed E-state index contributed by atoms with van der Waals surface area (Å²) in [5, 5.41) is 2.78. The summed E-state index contributed by atoms with van der Waals surface area (Å²) in [6.45, 7) is 5.33. The van der Waals surface area contributed by atoms with E-state index in [1.54, 1.807) is 0 Å². The highest BCUT2D eigenvalue weighted by Crippen LogP contribution is 2.40. The molecule has 0 saturated carbocycles. The molecule has 1 aromatic carbocycles. The summed E-state index contributed by atoms with van der Waals surface area (Å²) >= 11 is 6.78. The first-order chi connectivity index (χ1) is 6.86. The van der Waals surface area contributed by atoms with Crippen LogP contribution in [-0.2, 0) is 4.79 Å². The fourth-order valence-corrected chi connectivity index (χ4v) is 2.38. The molecule has 0 heterocycles. The Morgan fingerprint density at radius 1 is 1.20 bits per heavy atom. The van der Waals surface area contributed by atoms with E-state index in [9.17, 15) is 4.79 Å². The van der Waals surface area contributed by atoms with E-state index < -0.39 is 0 Å². The molecule has 0 atom stereocenters. The van der Waals surface area contributed by atoms with Crippen LogP contribution in [0.1, 0.15) is 18.1 Å². The van der Waals surface area contributed by atoms with Gasteiger partial charge in [0.05, 0.1) is 20.3 Å². The molecule has 0 radical (unpaired) electrons. The molecular formula is C10H12Br2N2O. The van der Waals surface area contributed by atoms with Crippen molar-refractivity contribution in [2.45, 2.75) is 20.8 Å². The second-order valence-electron chi connectivity index (χ2n) is 3.35. The molecule has 0 spiro atoms. The predicted molar refractivity (Wildman–Crippen MR) is 70.0 cm³/mol. The average molecular weight is 336 g/mol. The average Bonchev–Trinajstić information content (AvgIpc) is 2.18. The van der Waals surface area contributed by atoms with Gasteiger partial charge in [0, 0.05) is 6.92 Å². The molecule has 3 nitrogen and oxygen atoms in total. The normalized spacial score (nSPS) is 10.2. The van der Waals surface area contributed by atoms with Gasteiger partial charge in [0.15, 0.2) is 0 Å². The molecule has 0 unspecified atom stereocenters. The molecule has 82 valence electrons. The van der Waals surface area contributed by atoms with Gasteiger partial charge in [-0.2, -0.15) is 0 Å². The van der Waals surface area contributed by atoms with Gasteiger partial charge in [-0.25, -0.2) is 0 Å². The van der Waals surface area contributed by atoms with Crippen LogP contribution >= 0.6 is 31.9 Å². The second kappa shape index (κ2) is 4.53. The molecule has 1 rings (SSSR count). The van der Waals surface area contributed by atoms with Crippen molar-refractivity contribution >= 4 is 49.1 Å². The maximum absolute atomic E-state index is 11.0. The van der Waals surface area contributed by atoms with Crippen molar-refractivity contribution in [2.75, 3.05) is 11.1 Å². The van der Waals surface area contributed by atoms with Crippen LogP contribution in [0.25, 0.3) is 0 Å². The zero-order valence-corrected chi connectivity index (χ0v) is 11.9. The van der Waals surface area contributed by atoms with Gasteiger partial charge < -0.3 is 11.1 Å². The first-order valence-corrected chi connectivity index (χ1v) is 5.96. The molecule has 0 aliphatic rings. The van der Waals surface area contributed by atoms with Crippen LogP contribution in [0.15, 0.2) is 8.95 Å². The van der Waals surface area contributed by atoms with Crippen molar-refractivity contribution in [1.82, 2.24) is 0 Å². The van der Waals surface area contributed by atoms with Crippen LogP contribution in [0.4, 0.5) is 11.4 Å². The van der Waals surface area contributed by atoms with Gasteiger partial charge in [0.25, 0.3) is 0 Å². The molecule has 1 amide bonds. The van der Waals surface area contributed by atoms with E-state index in [-0.39, 0.29) is 5.91 Å². The minimum atomic E-state index is -0.102. The van der Waals surface area contributed by atoms with Gasteiger partial charge in [-0.05, 0) is 56.8 Å². The molecular weight excluding hydrogens is 324 g/mol. The number of amides is 1. The first-order valence-electron chi connectivity index (χ1n) is 4.37. The quantitative estimate of drug-likeness (QED) is 0.773. The Bertz CT molecular complexity index is 401. The topological polar surface area (TPSA) is 55.1 Å². The highest BCUT2D eigenvalue weighted by atomic mass is 79.9. The number of nitrogens with two attached hydrogens (primary N) is 1. The molecule has 0 bridgehead atoms. The molecule has 0 fully saturated rings. The number of carbonyl (C=O) groups is 1. The van der Waals surface area contributed by atoms with Crippen molar-refractivity contribution in [1.29, 1.82) is 0 Å². The monoisotopic (exact) mass is 334 g/mol. The van der Waals surface area contributed by atoms with Crippen LogP contribution in [0.3, 0.4) is 0 Å². The first kappa shape index (κ1) is 12.5. The van der Waals surface area contributed by atoms with Crippen molar-refractivity contribution in [3.05, 3.63) is 20.1 Å². The van der Waals surface area contributed by atoms with Gasteiger partial charge in [-0.1, -0.05) is 0 Å². The van der Waals surface area contributed by atoms with Crippen LogP contribution < -0.4 is 11.1 Å². The van der Waals surface area contributed by atoms with E-state index in [0.717, 1.165) is 25.8 Å². The number of nitrogen functional groups attached to an aromatic ring is 1. The molecule has 0 aliphatic carbocycles. The van der Waals surface area contributed by atoms with E-state index in [2.05, 4.69) is 37.2 Å². The summed E-state index contributed by atoms with van der Waals surface area (Å²) in [5.41, 5.74) is 9.28. The molecule has 0 saturated heterocycles. The van der Waals surface area contributed by atoms with Crippen LogP contribution in [-0.4, -0.2) is 5.91 Å². The van der Waals surface area contributed by atoms with Crippen LogP contribution in [0, 0.1) is 13.8 Å². The largest absolute Gasteiger partial charge is 0.398 e.